The third kappa shape index (κ3) is 4.81. The molecule has 1 aromatic heterocycles. The molecule has 1 atom stereocenters. The van der Waals surface area contributed by atoms with E-state index in [1.807, 2.05) is 13.8 Å². The Kier molecular flexibility index (Phi) is 6.32. The fraction of sp³-hybridized carbons (Fsp3) is 0.444. The summed E-state index contributed by atoms with van der Waals surface area (Å²) in [5, 5.41) is 12.0. The number of benzene rings is 1. The number of carboxylic acids is 1. The number of carboxylic acid groups (broad SMARTS) is 1. The second-order valence-electron chi connectivity index (χ2n) is 6.62. The molecule has 0 unspecified atom stereocenters. The summed E-state index contributed by atoms with van der Waals surface area (Å²) in [6.45, 7) is 3.83. The van der Waals surface area contributed by atoms with E-state index in [1.165, 1.54) is 0 Å². The first-order chi connectivity index (χ1) is 12.3. The van der Waals surface area contributed by atoms with Crippen molar-refractivity contribution in [2.75, 3.05) is 0 Å². The standard InChI is InChI=1S/C18H23N3O5/c1-11(2)10-14(17(24)25)19-15(22)8-5-9-21-16(23)12-6-3-4-7-13(12)20-18(21)26/h3-4,6-7,11,14H,5,8-10H2,1-2H3,(H,19,22)(H,20,26)(H,24,25)/t14-/m1/s1. The minimum absolute atomic E-state index is 0.0284. The Balaban J connectivity index is 2.00. The van der Waals surface area contributed by atoms with Gasteiger partial charge in [0.2, 0.25) is 5.91 Å². The fourth-order valence-electron chi connectivity index (χ4n) is 2.76. The van der Waals surface area contributed by atoms with Crippen LogP contribution in [0.1, 0.15) is 33.1 Å². The Morgan fingerprint density at radius 1 is 1.23 bits per heavy atom. The number of nitrogens with one attached hydrogen (secondary N) is 2. The first kappa shape index (κ1) is 19.4. The summed E-state index contributed by atoms with van der Waals surface area (Å²) in [6, 6.07) is 5.77. The molecule has 0 aliphatic heterocycles. The molecule has 3 N–H and O–H groups in total. The van der Waals surface area contributed by atoms with Crippen LogP contribution in [0.2, 0.25) is 0 Å². The molecular weight excluding hydrogens is 338 g/mol. The number of fused-ring (bicyclic) bond motifs is 1. The van der Waals surface area contributed by atoms with Gasteiger partial charge >= 0.3 is 11.7 Å². The summed E-state index contributed by atoms with van der Waals surface area (Å²) in [4.78, 5) is 50.2. The molecule has 2 rings (SSSR count). The third-order valence-electron chi connectivity index (χ3n) is 4.02. The van der Waals surface area contributed by atoms with Gasteiger partial charge in [-0.05, 0) is 30.9 Å². The summed E-state index contributed by atoms with van der Waals surface area (Å²) in [5.74, 6) is -1.36. The first-order valence-corrected chi connectivity index (χ1v) is 8.53. The van der Waals surface area contributed by atoms with Gasteiger partial charge in [-0.3, -0.25) is 14.2 Å². The molecule has 0 saturated carbocycles. The van der Waals surface area contributed by atoms with Gasteiger partial charge in [-0.25, -0.2) is 9.59 Å². The van der Waals surface area contributed by atoms with Crippen LogP contribution < -0.4 is 16.6 Å². The molecule has 0 radical (unpaired) electrons. The van der Waals surface area contributed by atoms with Gasteiger partial charge in [0.15, 0.2) is 0 Å². The molecule has 0 aliphatic rings. The number of carbonyl (C=O) groups excluding carboxylic acids is 1. The van der Waals surface area contributed by atoms with Gasteiger partial charge in [-0.2, -0.15) is 0 Å². The van der Waals surface area contributed by atoms with Gasteiger partial charge in [0.25, 0.3) is 5.56 Å². The van der Waals surface area contributed by atoms with Gasteiger partial charge in [0.05, 0.1) is 10.9 Å². The lowest BCUT2D eigenvalue weighted by Crippen LogP contribution is -2.41. The van der Waals surface area contributed by atoms with E-state index < -0.39 is 29.2 Å². The number of carbonyl (C=O) groups is 2. The SMILES string of the molecule is CC(C)C[C@@H](NC(=O)CCCn1c(=O)[nH]c2ccccc2c1=O)C(=O)O. The highest BCUT2D eigenvalue weighted by molar-refractivity contribution is 5.83. The molecule has 2 aromatic rings. The normalized spacial score (nSPS) is 12.3. The molecule has 1 heterocycles. The average molecular weight is 361 g/mol. The lowest BCUT2D eigenvalue weighted by Gasteiger charge is -2.16. The maximum absolute atomic E-state index is 12.4. The molecule has 1 amide bonds. The van der Waals surface area contributed by atoms with Crippen LogP contribution in [0.3, 0.4) is 0 Å². The second kappa shape index (κ2) is 8.46. The monoisotopic (exact) mass is 361 g/mol. The zero-order valence-electron chi connectivity index (χ0n) is 14.8. The molecule has 0 spiro atoms. The lowest BCUT2D eigenvalue weighted by atomic mass is 10.0. The Morgan fingerprint density at radius 2 is 1.92 bits per heavy atom. The number of hydrogen-bond donors (Lipinski definition) is 3. The highest BCUT2D eigenvalue weighted by Crippen LogP contribution is 2.06. The molecular formula is C18H23N3O5. The number of para-hydroxylation sites is 1. The van der Waals surface area contributed by atoms with Crippen molar-refractivity contribution in [3.05, 3.63) is 45.1 Å². The van der Waals surface area contributed by atoms with Crippen molar-refractivity contribution in [1.82, 2.24) is 14.9 Å². The number of aromatic amines is 1. The predicted molar refractivity (Wildman–Crippen MR) is 97.1 cm³/mol. The summed E-state index contributed by atoms with van der Waals surface area (Å²) in [5.41, 5.74) is -0.472. The topological polar surface area (TPSA) is 121 Å². The molecule has 8 nitrogen and oxygen atoms in total. The van der Waals surface area contributed by atoms with E-state index in [0.29, 0.717) is 17.3 Å². The van der Waals surface area contributed by atoms with Crippen molar-refractivity contribution in [3.8, 4) is 0 Å². The maximum Gasteiger partial charge on any atom is 0.328 e. The highest BCUT2D eigenvalue weighted by Gasteiger charge is 2.20. The smallest absolute Gasteiger partial charge is 0.328 e. The van der Waals surface area contributed by atoms with Crippen molar-refractivity contribution in [2.45, 2.75) is 45.7 Å². The average Bonchev–Trinajstić information content (AvgIpc) is 2.56. The fourth-order valence-corrected chi connectivity index (χ4v) is 2.76. The number of amides is 1. The van der Waals surface area contributed by atoms with Crippen molar-refractivity contribution >= 4 is 22.8 Å². The molecule has 0 saturated heterocycles. The summed E-state index contributed by atoms with van der Waals surface area (Å²) >= 11 is 0. The Hall–Kier alpha value is -2.90. The van der Waals surface area contributed by atoms with E-state index in [1.54, 1.807) is 24.3 Å². The Morgan fingerprint density at radius 3 is 2.58 bits per heavy atom. The Labute approximate surface area is 149 Å². The molecule has 8 heteroatoms. The number of aromatic nitrogens is 2. The van der Waals surface area contributed by atoms with Crippen molar-refractivity contribution < 1.29 is 14.7 Å². The van der Waals surface area contributed by atoms with Crippen LogP contribution in [-0.4, -0.2) is 32.6 Å². The van der Waals surface area contributed by atoms with Gasteiger partial charge in [-0.1, -0.05) is 26.0 Å². The molecule has 0 aliphatic carbocycles. The number of rotatable bonds is 8. The zero-order chi connectivity index (χ0) is 19.3. The number of aliphatic carboxylic acids is 1. The maximum atomic E-state index is 12.4. The van der Waals surface area contributed by atoms with Gasteiger partial charge < -0.3 is 15.4 Å². The molecule has 140 valence electrons. The van der Waals surface area contributed by atoms with Crippen LogP contribution in [0.25, 0.3) is 10.9 Å². The van der Waals surface area contributed by atoms with Crippen LogP contribution in [0, 0.1) is 5.92 Å². The number of nitrogens with zero attached hydrogens (tertiary/aromatic N) is 1. The molecule has 0 bridgehead atoms. The quantitative estimate of drug-likeness (QED) is 0.650. The predicted octanol–water partition coefficient (Wildman–Crippen LogP) is 1.09. The summed E-state index contributed by atoms with van der Waals surface area (Å²) in [7, 11) is 0. The van der Waals surface area contributed by atoms with Crippen LogP contribution in [0.15, 0.2) is 33.9 Å². The second-order valence-corrected chi connectivity index (χ2v) is 6.62. The molecule has 1 aromatic carbocycles. The van der Waals surface area contributed by atoms with E-state index >= 15 is 0 Å². The lowest BCUT2D eigenvalue weighted by molar-refractivity contribution is -0.142. The minimum atomic E-state index is -1.07. The first-order valence-electron chi connectivity index (χ1n) is 8.53. The van der Waals surface area contributed by atoms with Gasteiger partial charge in [0, 0.05) is 13.0 Å². The van der Waals surface area contributed by atoms with Crippen molar-refractivity contribution in [1.29, 1.82) is 0 Å². The summed E-state index contributed by atoms with van der Waals surface area (Å²) < 4.78 is 1.05. The van der Waals surface area contributed by atoms with E-state index in [2.05, 4.69) is 10.3 Å². The molecule has 0 fully saturated rings. The zero-order valence-corrected chi connectivity index (χ0v) is 14.8. The minimum Gasteiger partial charge on any atom is -0.480 e. The van der Waals surface area contributed by atoms with Crippen LogP contribution in [0.4, 0.5) is 0 Å². The third-order valence-corrected chi connectivity index (χ3v) is 4.02. The Bertz CT molecular complexity index is 913. The van der Waals surface area contributed by atoms with Crippen molar-refractivity contribution in [3.63, 3.8) is 0 Å². The van der Waals surface area contributed by atoms with E-state index in [4.69, 9.17) is 5.11 Å². The highest BCUT2D eigenvalue weighted by atomic mass is 16.4. The van der Waals surface area contributed by atoms with E-state index in [0.717, 1.165) is 4.57 Å². The largest absolute Gasteiger partial charge is 0.480 e. The van der Waals surface area contributed by atoms with Crippen LogP contribution in [-0.2, 0) is 16.1 Å². The summed E-state index contributed by atoms with van der Waals surface area (Å²) in [6.07, 6.45) is 0.618. The van der Waals surface area contributed by atoms with E-state index in [9.17, 15) is 19.2 Å². The van der Waals surface area contributed by atoms with Gasteiger partial charge in [-0.15, -0.1) is 0 Å². The van der Waals surface area contributed by atoms with Crippen LogP contribution in [0.5, 0.6) is 0 Å². The van der Waals surface area contributed by atoms with Gasteiger partial charge in [0.1, 0.15) is 6.04 Å². The number of hydrogen-bond acceptors (Lipinski definition) is 4. The number of H-pyrrole nitrogens is 1. The molecule has 26 heavy (non-hydrogen) atoms. The van der Waals surface area contributed by atoms with Crippen molar-refractivity contribution in [2.24, 2.45) is 5.92 Å². The van der Waals surface area contributed by atoms with E-state index in [-0.39, 0.29) is 25.3 Å². The van der Waals surface area contributed by atoms with Crippen LogP contribution >= 0.6 is 0 Å².